The Morgan fingerprint density at radius 2 is 1.71 bits per heavy atom. The number of nitrogens with zero attached hydrogens (tertiary/aromatic N) is 1. The summed E-state index contributed by atoms with van der Waals surface area (Å²) in [6.07, 6.45) is 1.37. The number of anilines is 2. The molecular weight excluding hydrogens is 358 g/mol. The van der Waals surface area contributed by atoms with Gasteiger partial charge < -0.3 is 25.0 Å². The zero-order chi connectivity index (χ0) is 20.1. The molecule has 7 nitrogen and oxygen atoms in total. The molecule has 1 saturated heterocycles. The van der Waals surface area contributed by atoms with Crippen molar-refractivity contribution in [1.29, 1.82) is 0 Å². The third kappa shape index (κ3) is 4.19. The van der Waals surface area contributed by atoms with Gasteiger partial charge in [0.15, 0.2) is 0 Å². The molecule has 2 aromatic carbocycles. The highest BCUT2D eigenvalue weighted by Crippen LogP contribution is 2.35. The summed E-state index contributed by atoms with van der Waals surface area (Å²) in [6.45, 7) is 2.49. The van der Waals surface area contributed by atoms with E-state index in [2.05, 4.69) is 10.6 Å². The molecule has 0 radical (unpaired) electrons. The van der Waals surface area contributed by atoms with E-state index in [-0.39, 0.29) is 11.9 Å². The molecule has 1 aliphatic rings. The number of hydrogen-bond acceptors (Lipinski definition) is 4. The van der Waals surface area contributed by atoms with Gasteiger partial charge in [0, 0.05) is 12.2 Å². The molecule has 1 heterocycles. The maximum Gasteiger partial charge on any atom is 0.322 e. The number of likely N-dealkylation sites (tertiary alicyclic amines) is 1. The number of ether oxygens (including phenoxy) is 2. The molecule has 0 aliphatic carbocycles. The number of carbonyl (C=O) groups excluding carboxylic acids is 2. The van der Waals surface area contributed by atoms with Crippen molar-refractivity contribution < 1.29 is 19.1 Å². The van der Waals surface area contributed by atoms with E-state index in [4.69, 9.17) is 9.47 Å². The van der Waals surface area contributed by atoms with E-state index in [1.807, 2.05) is 31.2 Å². The molecule has 1 fully saturated rings. The molecule has 28 heavy (non-hydrogen) atoms. The number of nitrogens with one attached hydrogen (secondary N) is 2. The lowest BCUT2D eigenvalue weighted by Gasteiger charge is -2.25. The molecule has 0 unspecified atom stereocenters. The van der Waals surface area contributed by atoms with Crippen molar-refractivity contribution in [3.8, 4) is 11.5 Å². The van der Waals surface area contributed by atoms with Gasteiger partial charge in [0.25, 0.3) is 0 Å². The Labute approximate surface area is 164 Å². The lowest BCUT2D eigenvalue weighted by atomic mass is 10.2. The topological polar surface area (TPSA) is 79.9 Å². The standard InChI is InChI=1S/C21H25N3O4/c1-14-7-4-8-15(13-14)22-21(26)24-12-6-9-16(24)20(25)23-19-17(27-2)10-5-11-18(19)28-3/h4-5,7-8,10-11,13,16H,6,9,12H2,1-3H3,(H,22,26)(H,23,25)/t16-/m0/s1. The Morgan fingerprint density at radius 3 is 2.36 bits per heavy atom. The first kappa shape index (κ1) is 19.5. The summed E-state index contributed by atoms with van der Waals surface area (Å²) < 4.78 is 10.7. The van der Waals surface area contributed by atoms with Crippen molar-refractivity contribution >= 4 is 23.3 Å². The third-order valence-electron chi connectivity index (χ3n) is 4.76. The Balaban J connectivity index is 1.74. The van der Waals surface area contributed by atoms with Gasteiger partial charge in [0.2, 0.25) is 5.91 Å². The van der Waals surface area contributed by atoms with Gasteiger partial charge in [-0.05, 0) is 49.6 Å². The van der Waals surface area contributed by atoms with Crippen molar-refractivity contribution in [2.45, 2.75) is 25.8 Å². The van der Waals surface area contributed by atoms with Gasteiger partial charge in [-0.15, -0.1) is 0 Å². The molecule has 2 aromatic rings. The summed E-state index contributed by atoms with van der Waals surface area (Å²) in [5, 5.41) is 5.75. The van der Waals surface area contributed by atoms with Crippen molar-refractivity contribution in [3.05, 3.63) is 48.0 Å². The number of urea groups is 1. The van der Waals surface area contributed by atoms with Crippen LogP contribution in [0.4, 0.5) is 16.2 Å². The minimum atomic E-state index is -0.556. The van der Waals surface area contributed by atoms with E-state index < -0.39 is 6.04 Å². The van der Waals surface area contributed by atoms with Crippen molar-refractivity contribution in [2.75, 3.05) is 31.4 Å². The van der Waals surface area contributed by atoms with Crippen LogP contribution < -0.4 is 20.1 Å². The SMILES string of the molecule is COc1cccc(OC)c1NC(=O)[C@@H]1CCCN1C(=O)Nc1cccc(C)c1. The number of amides is 3. The molecule has 3 rings (SSSR count). The number of aryl methyl sites for hydroxylation is 1. The minimum Gasteiger partial charge on any atom is -0.494 e. The summed E-state index contributed by atoms with van der Waals surface area (Å²) in [5.74, 6) is 0.739. The van der Waals surface area contributed by atoms with E-state index >= 15 is 0 Å². The van der Waals surface area contributed by atoms with Crippen LogP contribution in [0, 0.1) is 6.92 Å². The van der Waals surface area contributed by atoms with Crippen LogP contribution in [0.25, 0.3) is 0 Å². The zero-order valence-electron chi connectivity index (χ0n) is 16.3. The average molecular weight is 383 g/mol. The molecule has 1 atom stereocenters. The smallest absolute Gasteiger partial charge is 0.322 e. The molecule has 0 aromatic heterocycles. The van der Waals surface area contributed by atoms with Gasteiger partial charge in [0.1, 0.15) is 23.2 Å². The first-order chi connectivity index (χ1) is 13.5. The van der Waals surface area contributed by atoms with Crippen LogP contribution in [-0.2, 0) is 4.79 Å². The lowest BCUT2D eigenvalue weighted by Crippen LogP contribution is -2.45. The third-order valence-corrected chi connectivity index (χ3v) is 4.76. The van der Waals surface area contributed by atoms with E-state index in [0.717, 1.165) is 12.0 Å². The Kier molecular flexibility index (Phi) is 6.03. The van der Waals surface area contributed by atoms with E-state index in [9.17, 15) is 9.59 Å². The second-order valence-electron chi connectivity index (χ2n) is 6.68. The van der Waals surface area contributed by atoms with E-state index in [0.29, 0.717) is 35.8 Å². The van der Waals surface area contributed by atoms with Crippen molar-refractivity contribution in [3.63, 3.8) is 0 Å². The summed E-state index contributed by atoms with van der Waals surface area (Å²) in [4.78, 5) is 27.2. The fraction of sp³-hybridized carbons (Fsp3) is 0.333. The highest BCUT2D eigenvalue weighted by molar-refractivity contribution is 6.01. The number of benzene rings is 2. The lowest BCUT2D eigenvalue weighted by molar-refractivity contribution is -0.119. The molecule has 0 saturated carbocycles. The predicted molar refractivity (Wildman–Crippen MR) is 108 cm³/mol. The summed E-state index contributed by atoms with van der Waals surface area (Å²) in [7, 11) is 3.06. The monoisotopic (exact) mass is 383 g/mol. The second-order valence-corrected chi connectivity index (χ2v) is 6.68. The van der Waals surface area contributed by atoms with Crippen LogP contribution >= 0.6 is 0 Å². The molecule has 148 valence electrons. The fourth-order valence-corrected chi connectivity index (χ4v) is 3.38. The summed E-state index contributed by atoms with van der Waals surface area (Å²) >= 11 is 0. The minimum absolute atomic E-state index is 0.264. The van der Waals surface area contributed by atoms with Crippen LogP contribution in [-0.4, -0.2) is 43.6 Å². The molecule has 0 bridgehead atoms. The van der Waals surface area contributed by atoms with Crippen molar-refractivity contribution in [1.82, 2.24) is 4.90 Å². The van der Waals surface area contributed by atoms with Crippen LogP contribution in [0.1, 0.15) is 18.4 Å². The first-order valence-electron chi connectivity index (χ1n) is 9.19. The van der Waals surface area contributed by atoms with Crippen LogP contribution in [0.2, 0.25) is 0 Å². The predicted octanol–water partition coefficient (Wildman–Crippen LogP) is 3.65. The summed E-state index contributed by atoms with van der Waals surface area (Å²) in [5.41, 5.74) is 2.22. The number of hydrogen-bond donors (Lipinski definition) is 2. The van der Waals surface area contributed by atoms with Crippen LogP contribution in [0.3, 0.4) is 0 Å². The molecule has 1 aliphatic heterocycles. The molecule has 7 heteroatoms. The molecule has 0 spiro atoms. The highest BCUT2D eigenvalue weighted by Gasteiger charge is 2.35. The van der Waals surface area contributed by atoms with Gasteiger partial charge in [-0.3, -0.25) is 4.79 Å². The van der Waals surface area contributed by atoms with Gasteiger partial charge in [-0.25, -0.2) is 4.79 Å². The number of para-hydroxylation sites is 1. The maximum atomic E-state index is 12.9. The van der Waals surface area contributed by atoms with E-state index in [1.54, 1.807) is 23.1 Å². The zero-order valence-corrected chi connectivity index (χ0v) is 16.3. The van der Waals surface area contributed by atoms with E-state index in [1.165, 1.54) is 14.2 Å². The van der Waals surface area contributed by atoms with Gasteiger partial charge >= 0.3 is 6.03 Å². The molecular formula is C21H25N3O4. The van der Waals surface area contributed by atoms with Crippen LogP contribution in [0.5, 0.6) is 11.5 Å². The Bertz CT molecular complexity index is 846. The second kappa shape index (κ2) is 8.65. The first-order valence-corrected chi connectivity index (χ1v) is 9.19. The normalized spacial score (nSPS) is 15.8. The highest BCUT2D eigenvalue weighted by atomic mass is 16.5. The van der Waals surface area contributed by atoms with Crippen LogP contribution in [0.15, 0.2) is 42.5 Å². The van der Waals surface area contributed by atoms with Crippen molar-refractivity contribution in [2.24, 2.45) is 0 Å². The molecule has 3 amide bonds. The van der Waals surface area contributed by atoms with Gasteiger partial charge in [-0.2, -0.15) is 0 Å². The fourth-order valence-electron chi connectivity index (χ4n) is 3.38. The van der Waals surface area contributed by atoms with Gasteiger partial charge in [0.05, 0.1) is 14.2 Å². The largest absolute Gasteiger partial charge is 0.494 e. The quantitative estimate of drug-likeness (QED) is 0.826. The Hall–Kier alpha value is -3.22. The average Bonchev–Trinajstić information content (AvgIpc) is 3.18. The Morgan fingerprint density at radius 1 is 1.04 bits per heavy atom. The van der Waals surface area contributed by atoms with Gasteiger partial charge in [-0.1, -0.05) is 18.2 Å². The summed E-state index contributed by atoms with van der Waals surface area (Å²) in [6, 6.07) is 12.0. The number of rotatable bonds is 5. The maximum absolute atomic E-state index is 12.9. The molecule has 2 N–H and O–H groups in total. The number of carbonyl (C=O) groups is 2. The number of methoxy groups -OCH3 is 2.